The highest BCUT2D eigenvalue weighted by Gasteiger charge is 2.08. The first-order chi connectivity index (χ1) is 9.20. The summed E-state index contributed by atoms with van der Waals surface area (Å²) in [4.78, 5) is 6.15. The first kappa shape index (κ1) is 13.5. The van der Waals surface area contributed by atoms with Crippen molar-refractivity contribution in [3.63, 3.8) is 0 Å². The summed E-state index contributed by atoms with van der Waals surface area (Å²) in [5.74, 6) is -0.230. The third kappa shape index (κ3) is 3.51. The van der Waals surface area contributed by atoms with Gasteiger partial charge in [-0.3, -0.25) is 4.98 Å². The van der Waals surface area contributed by atoms with Crippen LogP contribution in [0, 0.1) is 5.82 Å². The van der Waals surface area contributed by atoms with Gasteiger partial charge in [0.2, 0.25) is 0 Å². The molecule has 0 aliphatic rings. The second kappa shape index (κ2) is 6.29. The first-order valence-corrected chi connectivity index (χ1v) is 6.30. The van der Waals surface area contributed by atoms with E-state index in [2.05, 4.69) is 4.98 Å². The fourth-order valence-electron chi connectivity index (χ4n) is 1.94. The molecule has 2 N–H and O–H groups in total. The Morgan fingerprint density at radius 1 is 1.26 bits per heavy atom. The highest BCUT2D eigenvalue weighted by molar-refractivity contribution is 5.48. The zero-order valence-electron chi connectivity index (χ0n) is 11.0. The Kier molecular flexibility index (Phi) is 4.47. The van der Waals surface area contributed by atoms with E-state index >= 15 is 0 Å². The van der Waals surface area contributed by atoms with Gasteiger partial charge in [0.05, 0.1) is 5.69 Å². The fraction of sp³-hybridized carbons (Fsp3) is 0.267. The molecule has 0 amide bonds. The SMILES string of the molecule is CN(CCc1ccccn1)c1ccc(CN)cc1F. The normalized spacial score (nSPS) is 10.5. The predicted molar refractivity (Wildman–Crippen MR) is 75.5 cm³/mol. The number of hydrogen-bond acceptors (Lipinski definition) is 3. The van der Waals surface area contributed by atoms with Gasteiger partial charge in [-0.1, -0.05) is 12.1 Å². The molecule has 0 aliphatic heterocycles. The Bertz CT molecular complexity index is 528. The Morgan fingerprint density at radius 3 is 2.74 bits per heavy atom. The van der Waals surface area contributed by atoms with Gasteiger partial charge in [0.15, 0.2) is 0 Å². The highest BCUT2D eigenvalue weighted by Crippen LogP contribution is 2.19. The molecular weight excluding hydrogens is 241 g/mol. The maximum atomic E-state index is 13.9. The number of halogens is 1. The minimum atomic E-state index is -0.230. The van der Waals surface area contributed by atoms with Crippen molar-refractivity contribution in [2.75, 3.05) is 18.5 Å². The Morgan fingerprint density at radius 2 is 2.11 bits per heavy atom. The average molecular weight is 259 g/mol. The molecule has 100 valence electrons. The summed E-state index contributed by atoms with van der Waals surface area (Å²) in [5.41, 5.74) is 7.89. The summed E-state index contributed by atoms with van der Waals surface area (Å²) >= 11 is 0. The van der Waals surface area contributed by atoms with E-state index in [1.807, 2.05) is 36.2 Å². The van der Waals surface area contributed by atoms with Gasteiger partial charge >= 0.3 is 0 Å². The molecule has 0 aliphatic carbocycles. The summed E-state index contributed by atoms with van der Waals surface area (Å²) in [5, 5.41) is 0. The molecule has 0 atom stereocenters. The second-order valence-electron chi connectivity index (χ2n) is 4.48. The topological polar surface area (TPSA) is 42.2 Å². The van der Waals surface area contributed by atoms with Crippen molar-refractivity contribution in [2.45, 2.75) is 13.0 Å². The molecule has 0 saturated heterocycles. The molecule has 0 unspecified atom stereocenters. The molecule has 2 aromatic rings. The molecule has 1 heterocycles. The van der Waals surface area contributed by atoms with Crippen LogP contribution in [0.4, 0.5) is 10.1 Å². The average Bonchev–Trinajstić information content (AvgIpc) is 2.45. The van der Waals surface area contributed by atoms with Crippen LogP contribution in [0.3, 0.4) is 0 Å². The van der Waals surface area contributed by atoms with Crippen LogP contribution in [0.1, 0.15) is 11.3 Å². The number of anilines is 1. The zero-order valence-corrected chi connectivity index (χ0v) is 11.0. The predicted octanol–water partition coefficient (Wildman–Crippen LogP) is 2.36. The van der Waals surface area contributed by atoms with Crippen LogP contribution in [0.2, 0.25) is 0 Å². The van der Waals surface area contributed by atoms with Gasteiger partial charge in [-0.15, -0.1) is 0 Å². The Labute approximate surface area is 112 Å². The molecule has 1 aromatic carbocycles. The second-order valence-corrected chi connectivity index (χ2v) is 4.48. The third-order valence-electron chi connectivity index (χ3n) is 3.09. The van der Waals surface area contributed by atoms with Gasteiger partial charge in [-0.2, -0.15) is 0 Å². The van der Waals surface area contributed by atoms with Crippen molar-refractivity contribution >= 4 is 5.69 Å². The van der Waals surface area contributed by atoms with Crippen molar-refractivity contribution < 1.29 is 4.39 Å². The van der Waals surface area contributed by atoms with Crippen LogP contribution in [0.25, 0.3) is 0 Å². The van der Waals surface area contributed by atoms with Gasteiger partial charge < -0.3 is 10.6 Å². The maximum absolute atomic E-state index is 13.9. The molecule has 0 fully saturated rings. The van der Waals surface area contributed by atoms with Gasteiger partial charge in [0, 0.05) is 38.4 Å². The van der Waals surface area contributed by atoms with Crippen LogP contribution >= 0.6 is 0 Å². The smallest absolute Gasteiger partial charge is 0.146 e. The van der Waals surface area contributed by atoms with E-state index in [0.29, 0.717) is 12.2 Å². The van der Waals surface area contributed by atoms with Gasteiger partial charge in [0.1, 0.15) is 5.82 Å². The molecule has 3 nitrogen and oxygen atoms in total. The molecule has 1 aromatic heterocycles. The van der Waals surface area contributed by atoms with Crippen molar-refractivity contribution in [1.29, 1.82) is 0 Å². The largest absolute Gasteiger partial charge is 0.372 e. The lowest BCUT2D eigenvalue weighted by Crippen LogP contribution is -2.21. The van der Waals surface area contributed by atoms with Crippen molar-refractivity contribution in [1.82, 2.24) is 4.98 Å². The van der Waals surface area contributed by atoms with E-state index in [4.69, 9.17) is 5.73 Å². The third-order valence-corrected chi connectivity index (χ3v) is 3.09. The minimum absolute atomic E-state index is 0.230. The molecule has 0 spiro atoms. The molecule has 0 radical (unpaired) electrons. The van der Waals surface area contributed by atoms with E-state index < -0.39 is 0 Å². The number of likely N-dealkylation sites (N-methyl/N-ethyl adjacent to an activating group) is 1. The summed E-state index contributed by atoms with van der Waals surface area (Å²) in [6.07, 6.45) is 2.56. The van der Waals surface area contributed by atoms with E-state index in [0.717, 1.165) is 24.2 Å². The Hall–Kier alpha value is -1.94. The van der Waals surface area contributed by atoms with E-state index in [9.17, 15) is 4.39 Å². The number of pyridine rings is 1. The quantitative estimate of drug-likeness (QED) is 0.896. The van der Waals surface area contributed by atoms with E-state index in [1.165, 1.54) is 6.07 Å². The van der Waals surface area contributed by atoms with E-state index in [-0.39, 0.29) is 5.82 Å². The van der Waals surface area contributed by atoms with Crippen LogP contribution < -0.4 is 10.6 Å². The molecule has 4 heteroatoms. The summed E-state index contributed by atoms with van der Waals surface area (Å²) in [6, 6.07) is 10.9. The number of rotatable bonds is 5. The molecule has 0 saturated carbocycles. The van der Waals surface area contributed by atoms with Crippen LogP contribution in [-0.4, -0.2) is 18.6 Å². The molecular formula is C15H18FN3. The maximum Gasteiger partial charge on any atom is 0.146 e. The highest BCUT2D eigenvalue weighted by atomic mass is 19.1. The zero-order chi connectivity index (χ0) is 13.7. The number of nitrogens with two attached hydrogens (primary N) is 1. The Balaban J connectivity index is 2.02. The van der Waals surface area contributed by atoms with Crippen molar-refractivity contribution in [3.05, 3.63) is 59.7 Å². The number of nitrogens with zero attached hydrogens (tertiary/aromatic N) is 2. The molecule has 0 bridgehead atoms. The summed E-state index contributed by atoms with van der Waals surface area (Å²) < 4.78 is 13.9. The summed E-state index contributed by atoms with van der Waals surface area (Å²) in [7, 11) is 1.88. The van der Waals surface area contributed by atoms with Crippen LogP contribution in [0.15, 0.2) is 42.6 Å². The van der Waals surface area contributed by atoms with Gasteiger partial charge in [0.25, 0.3) is 0 Å². The lowest BCUT2D eigenvalue weighted by atomic mass is 10.2. The van der Waals surface area contributed by atoms with Crippen LogP contribution in [0.5, 0.6) is 0 Å². The lowest BCUT2D eigenvalue weighted by molar-refractivity contribution is 0.619. The monoisotopic (exact) mass is 259 g/mol. The van der Waals surface area contributed by atoms with Crippen LogP contribution in [-0.2, 0) is 13.0 Å². The molecule has 2 rings (SSSR count). The van der Waals surface area contributed by atoms with Crippen molar-refractivity contribution in [3.8, 4) is 0 Å². The molecule has 19 heavy (non-hydrogen) atoms. The van der Waals surface area contributed by atoms with E-state index in [1.54, 1.807) is 12.3 Å². The first-order valence-electron chi connectivity index (χ1n) is 6.30. The van der Waals surface area contributed by atoms with Gasteiger partial charge in [-0.25, -0.2) is 4.39 Å². The summed E-state index contributed by atoms with van der Waals surface area (Å²) in [6.45, 7) is 1.07. The lowest BCUT2D eigenvalue weighted by Gasteiger charge is -2.20. The number of hydrogen-bond donors (Lipinski definition) is 1. The van der Waals surface area contributed by atoms with Gasteiger partial charge in [-0.05, 0) is 29.8 Å². The fourth-order valence-corrected chi connectivity index (χ4v) is 1.94. The number of aromatic nitrogens is 1. The minimum Gasteiger partial charge on any atom is -0.372 e. The van der Waals surface area contributed by atoms with Crippen molar-refractivity contribution in [2.24, 2.45) is 5.73 Å². The standard InChI is InChI=1S/C15H18FN3/c1-19(9-7-13-4-2-3-8-18-13)15-6-5-12(11-17)10-14(15)16/h2-6,8,10H,7,9,11,17H2,1H3. The number of benzene rings is 1.